The summed E-state index contributed by atoms with van der Waals surface area (Å²) in [6.45, 7) is 4.36. The Bertz CT molecular complexity index is 1020. The van der Waals surface area contributed by atoms with Crippen molar-refractivity contribution in [3.05, 3.63) is 68.5 Å². The number of nitro benzene ring substituents is 1. The molecule has 0 saturated heterocycles. The molecular weight excluding hydrogens is 326 g/mol. The Morgan fingerprint density at radius 1 is 1.29 bits per heavy atom. The van der Waals surface area contributed by atoms with Gasteiger partial charge in [-0.2, -0.15) is 4.99 Å². The van der Waals surface area contributed by atoms with Crippen LogP contribution in [0.1, 0.15) is 22.8 Å². The molecule has 0 bridgehead atoms. The second kappa shape index (κ2) is 6.37. The number of hydrogen-bond donors (Lipinski definition) is 0. The number of aromatic nitrogens is 1. The average molecular weight is 341 g/mol. The number of nitrogens with zero attached hydrogens (tertiary/aromatic N) is 3. The van der Waals surface area contributed by atoms with Gasteiger partial charge in [0.1, 0.15) is 0 Å². The van der Waals surface area contributed by atoms with E-state index >= 15 is 0 Å². The monoisotopic (exact) mass is 341 g/mol. The first kappa shape index (κ1) is 16.1. The lowest BCUT2D eigenvalue weighted by Gasteiger charge is -2.01. The number of non-ortho nitro benzene ring substituents is 1. The van der Waals surface area contributed by atoms with Gasteiger partial charge in [-0.05, 0) is 31.5 Å². The molecule has 0 atom stereocenters. The molecule has 0 aliphatic rings. The van der Waals surface area contributed by atoms with E-state index in [1.807, 2.05) is 30.5 Å². The first-order valence-corrected chi connectivity index (χ1v) is 8.25. The maximum Gasteiger partial charge on any atom is 0.279 e. The van der Waals surface area contributed by atoms with Crippen LogP contribution in [0.15, 0.2) is 47.5 Å². The van der Waals surface area contributed by atoms with E-state index in [4.69, 9.17) is 0 Å². The smallest absolute Gasteiger partial charge is 0.279 e. The first-order chi connectivity index (χ1) is 11.5. The SMILES string of the molecule is CCn1c(=NC(=O)c2ccccc2C)sc2ccc([N+](=O)[O-])cc21. The quantitative estimate of drug-likeness (QED) is 0.538. The topological polar surface area (TPSA) is 77.5 Å². The van der Waals surface area contributed by atoms with Gasteiger partial charge in [0.2, 0.25) is 0 Å². The third-order valence-electron chi connectivity index (χ3n) is 3.77. The summed E-state index contributed by atoms with van der Waals surface area (Å²) < 4.78 is 2.68. The minimum Gasteiger partial charge on any atom is -0.316 e. The van der Waals surface area contributed by atoms with Crippen molar-refractivity contribution in [1.82, 2.24) is 4.57 Å². The number of carbonyl (C=O) groups is 1. The van der Waals surface area contributed by atoms with Crippen molar-refractivity contribution in [2.75, 3.05) is 0 Å². The van der Waals surface area contributed by atoms with Crippen molar-refractivity contribution in [3.8, 4) is 0 Å². The fourth-order valence-electron chi connectivity index (χ4n) is 2.52. The third-order valence-corrected chi connectivity index (χ3v) is 4.82. The molecule has 1 aromatic heterocycles. The average Bonchev–Trinajstić information content (AvgIpc) is 2.91. The van der Waals surface area contributed by atoms with E-state index < -0.39 is 4.92 Å². The second-order valence-corrected chi connectivity index (χ2v) is 6.28. The van der Waals surface area contributed by atoms with Crippen molar-refractivity contribution >= 4 is 33.1 Å². The van der Waals surface area contributed by atoms with E-state index in [9.17, 15) is 14.9 Å². The molecule has 0 N–H and O–H groups in total. The summed E-state index contributed by atoms with van der Waals surface area (Å²) in [5.74, 6) is -0.309. The highest BCUT2D eigenvalue weighted by Crippen LogP contribution is 2.23. The van der Waals surface area contributed by atoms with Gasteiger partial charge < -0.3 is 4.57 Å². The normalized spacial score (nSPS) is 11.8. The standard InChI is InChI=1S/C17H15N3O3S/c1-3-19-14-10-12(20(22)23)8-9-15(14)24-17(19)18-16(21)13-7-5-4-6-11(13)2/h4-10H,3H2,1-2H3. The number of amides is 1. The van der Waals surface area contributed by atoms with Gasteiger partial charge in [0, 0.05) is 24.2 Å². The van der Waals surface area contributed by atoms with E-state index in [0.29, 0.717) is 22.4 Å². The van der Waals surface area contributed by atoms with Gasteiger partial charge in [-0.15, -0.1) is 0 Å². The van der Waals surface area contributed by atoms with Gasteiger partial charge in [-0.1, -0.05) is 29.5 Å². The van der Waals surface area contributed by atoms with Crippen LogP contribution in [-0.2, 0) is 6.54 Å². The van der Waals surface area contributed by atoms with Crippen molar-refractivity contribution in [2.24, 2.45) is 4.99 Å². The molecule has 3 rings (SSSR count). The number of nitro groups is 1. The number of fused-ring (bicyclic) bond motifs is 1. The Morgan fingerprint density at radius 3 is 2.71 bits per heavy atom. The molecule has 6 nitrogen and oxygen atoms in total. The highest BCUT2D eigenvalue weighted by molar-refractivity contribution is 7.16. The Balaban J connectivity index is 2.17. The fraction of sp³-hybridized carbons (Fsp3) is 0.176. The maximum atomic E-state index is 12.5. The van der Waals surface area contributed by atoms with Gasteiger partial charge in [0.15, 0.2) is 4.80 Å². The molecule has 3 aromatic rings. The number of benzene rings is 2. The van der Waals surface area contributed by atoms with Crippen LogP contribution in [-0.4, -0.2) is 15.4 Å². The van der Waals surface area contributed by atoms with E-state index in [1.54, 1.807) is 18.2 Å². The zero-order valence-electron chi connectivity index (χ0n) is 13.2. The molecule has 7 heteroatoms. The minimum absolute atomic E-state index is 0.0271. The highest BCUT2D eigenvalue weighted by Gasteiger charge is 2.13. The molecular formula is C17H15N3O3S. The summed E-state index contributed by atoms with van der Waals surface area (Å²) >= 11 is 1.35. The van der Waals surface area contributed by atoms with Gasteiger partial charge in [0.25, 0.3) is 11.6 Å². The van der Waals surface area contributed by atoms with Gasteiger partial charge in [-0.3, -0.25) is 14.9 Å². The molecule has 1 heterocycles. The van der Waals surface area contributed by atoms with Crippen LogP contribution in [0.3, 0.4) is 0 Å². The molecule has 0 radical (unpaired) electrons. The lowest BCUT2D eigenvalue weighted by Crippen LogP contribution is -2.16. The zero-order chi connectivity index (χ0) is 17.3. The summed E-state index contributed by atoms with van der Waals surface area (Å²) in [5, 5.41) is 11.0. The number of rotatable bonds is 3. The van der Waals surface area contributed by atoms with E-state index in [-0.39, 0.29) is 11.6 Å². The molecule has 0 saturated carbocycles. The number of carbonyl (C=O) groups excluding carboxylic acids is 1. The van der Waals surface area contributed by atoms with E-state index in [0.717, 1.165) is 10.3 Å². The predicted octanol–water partition coefficient (Wildman–Crippen LogP) is 3.68. The van der Waals surface area contributed by atoms with Gasteiger partial charge in [-0.25, -0.2) is 0 Å². The Hall–Kier alpha value is -2.80. The fourth-order valence-corrected chi connectivity index (χ4v) is 3.59. The van der Waals surface area contributed by atoms with Crippen LogP contribution < -0.4 is 4.80 Å². The molecule has 2 aromatic carbocycles. The van der Waals surface area contributed by atoms with Crippen molar-refractivity contribution in [2.45, 2.75) is 20.4 Å². The molecule has 122 valence electrons. The molecule has 0 fully saturated rings. The summed E-state index contributed by atoms with van der Waals surface area (Å²) in [6, 6.07) is 12.0. The Labute approximate surface area is 141 Å². The summed E-state index contributed by atoms with van der Waals surface area (Å²) in [7, 11) is 0. The predicted molar refractivity (Wildman–Crippen MR) is 93.2 cm³/mol. The number of hydrogen-bond acceptors (Lipinski definition) is 4. The maximum absolute atomic E-state index is 12.5. The molecule has 0 aliphatic heterocycles. The second-order valence-electron chi connectivity index (χ2n) is 5.27. The van der Waals surface area contributed by atoms with Crippen LogP contribution in [0.4, 0.5) is 5.69 Å². The van der Waals surface area contributed by atoms with Crippen LogP contribution >= 0.6 is 11.3 Å². The third kappa shape index (κ3) is 2.85. The van der Waals surface area contributed by atoms with Crippen molar-refractivity contribution < 1.29 is 9.72 Å². The van der Waals surface area contributed by atoms with Gasteiger partial charge >= 0.3 is 0 Å². The van der Waals surface area contributed by atoms with E-state index in [1.165, 1.54) is 23.5 Å². The van der Waals surface area contributed by atoms with Crippen LogP contribution in [0.25, 0.3) is 10.2 Å². The largest absolute Gasteiger partial charge is 0.316 e. The van der Waals surface area contributed by atoms with Crippen LogP contribution in [0, 0.1) is 17.0 Å². The van der Waals surface area contributed by atoms with Crippen LogP contribution in [0.5, 0.6) is 0 Å². The zero-order valence-corrected chi connectivity index (χ0v) is 14.0. The van der Waals surface area contributed by atoms with Crippen molar-refractivity contribution in [1.29, 1.82) is 0 Å². The minimum atomic E-state index is -0.424. The molecule has 0 aliphatic carbocycles. The summed E-state index contributed by atoms with van der Waals surface area (Å²) in [4.78, 5) is 27.8. The van der Waals surface area contributed by atoms with Crippen LogP contribution in [0.2, 0.25) is 0 Å². The molecule has 0 spiro atoms. The summed E-state index contributed by atoms with van der Waals surface area (Å²) in [5.41, 5.74) is 2.17. The first-order valence-electron chi connectivity index (χ1n) is 7.43. The Morgan fingerprint density at radius 2 is 2.04 bits per heavy atom. The molecule has 1 amide bonds. The van der Waals surface area contributed by atoms with E-state index in [2.05, 4.69) is 4.99 Å². The Kier molecular flexibility index (Phi) is 4.26. The van der Waals surface area contributed by atoms with Gasteiger partial charge in [0.05, 0.1) is 15.1 Å². The molecule has 24 heavy (non-hydrogen) atoms. The summed E-state index contributed by atoms with van der Waals surface area (Å²) in [6.07, 6.45) is 0. The van der Waals surface area contributed by atoms with Crippen molar-refractivity contribution in [3.63, 3.8) is 0 Å². The number of thiazole rings is 1. The number of aryl methyl sites for hydroxylation is 2. The lowest BCUT2D eigenvalue weighted by molar-refractivity contribution is -0.384. The highest BCUT2D eigenvalue weighted by atomic mass is 32.1. The molecule has 0 unspecified atom stereocenters. The lowest BCUT2D eigenvalue weighted by atomic mass is 10.1.